The third-order valence-corrected chi connectivity index (χ3v) is 2.92. The molecule has 1 atom stereocenters. The lowest BCUT2D eigenvalue weighted by atomic mass is 10.2. The Morgan fingerprint density at radius 3 is 3.38 bits per heavy atom. The average Bonchev–Trinajstić information content (AvgIpc) is 2.70. The molecule has 2 heterocycles. The molecule has 70 valence electrons. The third kappa shape index (κ3) is 1.71. The molecule has 13 heavy (non-hydrogen) atoms. The van der Waals surface area contributed by atoms with Gasteiger partial charge in [0.25, 0.3) is 0 Å². The van der Waals surface area contributed by atoms with Gasteiger partial charge in [0.15, 0.2) is 0 Å². The van der Waals surface area contributed by atoms with Gasteiger partial charge in [-0.25, -0.2) is 4.98 Å². The number of morpholine rings is 1. The van der Waals surface area contributed by atoms with Crippen LogP contribution in [0.1, 0.15) is 11.0 Å². The molecule has 1 aliphatic rings. The van der Waals surface area contributed by atoms with Crippen molar-refractivity contribution in [3.63, 3.8) is 0 Å². The molecule has 0 radical (unpaired) electrons. The summed E-state index contributed by atoms with van der Waals surface area (Å²) in [7, 11) is 0. The number of carbonyl (C=O) groups excluding carboxylic acids is 1. The normalized spacial score (nSPS) is 23.1. The average molecular weight is 198 g/mol. The van der Waals surface area contributed by atoms with Crippen LogP contribution >= 0.6 is 11.3 Å². The number of aromatic nitrogens is 1. The Morgan fingerprint density at radius 2 is 2.69 bits per heavy atom. The van der Waals surface area contributed by atoms with Gasteiger partial charge >= 0.3 is 0 Å². The molecular formula is C8H10N2O2S. The Morgan fingerprint density at radius 1 is 1.77 bits per heavy atom. The van der Waals surface area contributed by atoms with Gasteiger partial charge in [0.2, 0.25) is 6.41 Å². The molecule has 5 heteroatoms. The lowest BCUT2D eigenvalue weighted by molar-refractivity contribution is -0.126. The van der Waals surface area contributed by atoms with Crippen molar-refractivity contribution in [1.82, 2.24) is 9.88 Å². The molecule has 0 spiro atoms. The lowest BCUT2D eigenvalue weighted by Crippen LogP contribution is -2.38. The van der Waals surface area contributed by atoms with Crippen LogP contribution in [0.25, 0.3) is 0 Å². The first-order chi connectivity index (χ1) is 6.42. The Balaban J connectivity index is 2.15. The van der Waals surface area contributed by atoms with Gasteiger partial charge in [-0.2, -0.15) is 0 Å². The van der Waals surface area contributed by atoms with Gasteiger partial charge in [0, 0.05) is 18.1 Å². The standard InChI is InChI=1S/C8H10N2O2S/c11-6-10-2-3-12-5-7(10)8-9-1-4-13-8/h1,4,6-7H,2-3,5H2. The van der Waals surface area contributed by atoms with E-state index in [0.717, 1.165) is 11.4 Å². The van der Waals surface area contributed by atoms with E-state index < -0.39 is 0 Å². The maximum absolute atomic E-state index is 10.7. The minimum Gasteiger partial charge on any atom is -0.377 e. The maximum Gasteiger partial charge on any atom is 0.210 e. The second kappa shape index (κ2) is 3.85. The van der Waals surface area contributed by atoms with E-state index >= 15 is 0 Å². The predicted octanol–water partition coefficient (Wildman–Crippen LogP) is 0.673. The molecular weight excluding hydrogens is 188 g/mol. The number of rotatable bonds is 2. The lowest BCUT2D eigenvalue weighted by Gasteiger charge is -2.30. The van der Waals surface area contributed by atoms with Crippen LogP contribution in [0.5, 0.6) is 0 Å². The monoisotopic (exact) mass is 198 g/mol. The zero-order chi connectivity index (χ0) is 9.10. The van der Waals surface area contributed by atoms with Crippen LogP contribution in [0, 0.1) is 0 Å². The molecule has 1 amide bonds. The summed E-state index contributed by atoms with van der Waals surface area (Å²) in [4.78, 5) is 16.6. The molecule has 0 aliphatic carbocycles. The van der Waals surface area contributed by atoms with E-state index in [-0.39, 0.29) is 6.04 Å². The first-order valence-electron chi connectivity index (χ1n) is 4.10. The van der Waals surface area contributed by atoms with Crippen LogP contribution in [0.4, 0.5) is 0 Å². The maximum atomic E-state index is 10.7. The molecule has 1 aromatic rings. The molecule has 0 bridgehead atoms. The van der Waals surface area contributed by atoms with Gasteiger partial charge in [-0.1, -0.05) is 0 Å². The molecule has 0 aromatic carbocycles. The molecule has 0 saturated carbocycles. The van der Waals surface area contributed by atoms with Crippen molar-refractivity contribution < 1.29 is 9.53 Å². The van der Waals surface area contributed by atoms with Crippen LogP contribution in [-0.2, 0) is 9.53 Å². The van der Waals surface area contributed by atoms with Crippen LogP contribution in [0.2, 0.25) is 0 Å². The number of ether oxygens (including phenoxy) is 1. The van der Waals surface area contributed by atoms with Crippen molar-refractivity contribution in [2.24, 2.45) is 0 Å². The van der Waals surface area contributed by atoms with Crippen molar-refractivity contribution in [3.8, 4) is 0 Å². The summed E-state index contributed by atoms with van der Waals surface area (Å²) in [6, 6.07) is 0.0197. The highest BCUT2D eigenvalue weighted by Gasteiger charge is 2.24. The summed E-state index contributed by atoms with van der Waals surface area (Å²) in [6.07, 6.45) is 2.62. The summed E-state index contributed by atoms with van der Waals surface area (Å²) >= 11 is 1.56. The third-order valence-electron chi connectivity index (χ3n) is 2.04. The van der Waals surface area contributed by atoms with Gasteiger partial charge in [-0.15, -0.1) is 11.3 Å². The molecule has 2 rings (SSSR count). The van der Waals surface area contributed by atoms with E-state index in [1.807, 2.05) is 5.38 Å². The van der Waals surface area contributed by atoms with Crippen molar-refractivity contribution >= 4 is 17.7 Å². The van der Waals surface area contributed by atoms with Crippen molar-refractivity contribution in [2.75, 3.05) is 19.8 Å². The van der Waals surface area contributed by atoms with Gasteiger partial charge in [0.1, 0.15) is 11.0 Å². The summed E-state index contributed by atoms with van der Waals surface area (Å²) in [5.74, 6) is 0. The summed E-state index contributed by atoms with van der Waals surface area (Å²) in [5, 5.41) is 2.86. The van der Waals surface area contributed by atoms with E-state index in [4.69, 9.17) is 4.74 Å². The highest BCUT2D eigenvalue weighted by atomic mass is 32.1. The van der Waals surface area contributed by atoms with E-state index in [1.165, 1.54) is 0 Å². The Hall–Kier alpha value is -0.940. The predicted molar refractivity (Wildman–Crippen MR) is 48.4 cm³/mol. The van der Waals surface area contributed by atoms with Gasteiger partial charge in [0.05, 0.1) is 13.2 Å². The van der Waals surface area contributed by atoms with Gasteiger partial charge in [-0.3, -0.25) is 4.79 Å². The van der Waals surface area contributed by atoms with Crippen molar-refractivity contribution in [3.05, 3.63) is 16.6 Å². The van der Waals surface area contributed by atoms with Crippen LogP contribution in [0.15, 0.2) is 11.6 Å². The summed E-state index contributed by atoms with van der Waals surface area (Å²) in [6.45, 7) is 1.85. The molecule has 1 unspecified atom stereocenters. The van der Waals surface area contributed by atoms with Gasteiger partial charge < -0.3 is 9.64 Å². The Labute approximate surface area is 80.1 Å². The van der Waals surface area contributed by atoms with E-state index in [1.54, 1.807) is 22.4 Å². The van der Waals surface area contributed by atoms with Crippen LogP contribution < -0.4 is 0 Å². The van der Waals surface area contributed by atoms with Crippen molar-refractivity contribution in [2.45, 2.75) is 6.04 Å². The first-order valence-corrected chi connectivity index (χ1v) is 4.98. The Bertz CT molecular complexity index is 276. The second-order valence-electron chi connectivity index (χ2n) is 2.80. The second-order valence-corrected chi connectivity index (χ2v) is 3.73. The van der Waals surface area contributed by atoms with Crippen LogP contribution in [-0.4, -0.2) is 36.1 Å². The quantitative estimate of drug-likeness (QED) is 0.656. The minimum absolute atomic E-state index is 0.0197. The van der Waals surface area contributed by atoms with Gasteiger partial charge in [-0.05, 0) is 0 Å². The molecule has 1 aliphatic heterocycles. The molecule has 1 aromatic heterocycles. The highest BCUT2D eigenvalue weighted by molar-refractivity contribution is 7.09. The van der Waals surface area contributed by atoms with E-state index in [2.05, 4.69) is 4.98 Å². The smallest absolute Gasteiger partial charge is 0.210 e. The number of carbonyl (C=O) groups is 1. The van der Waals surface area contributed by atoms with E-state index in [0.29, 0.717) is 19.8 Å². The fourth-order valence-corrected chi connectivity index (χ4v) is 2.10. The fraction of sp³-hybridized carbons (Fsp3) is 0.500. The number of hydrogen-bond donors (Lipinski definition) is 0. The molecule has 4 nitrogen and oxygen atoms in total. The summed E-state index contributed by atoms with van der Waals surface area (Å²) in [5.41, 5.74) is 0. The SMILES string of the molecule is O=CN1CCOCC1c1nccs1. The first kappa shape index (κ1) is 8.65. The molecule has 1 saturated heterocycles. The largest absolute Gasteiger partial charge is 0.377 e. The number of amides is 1. The van der Waals surface area contributed by atoms with Crippen LogP contribution in [0.3, 0.4) is 0 Å². The van der Waals surface area contributed by atoms with Crippen molar-refractivity contribution in [1.29, 1.82) is 0 Å². The Kier molecular flexibility index (Phi) is 2.56. The number of thiazole rings is 1. The minimum atomic E-state index is 0.0197. The fourth-order valence-electron chi connectivity index (χ4n) is 1.35. The molecule has 0 N–H and O–H groups in total. The number of hydrogen-bond acceptors (Lipinski definition) is 4. The summed E-state index contributed by atoms with van der Waals surface area (Å²) < 4.78 is 5.30. The zero-order valence-electron chi connectivity index (χ0n) is 7.05. The number of nitrogens with zero attached hydrogens (tertiary/aromatic N) is 2. The molecule has 1 fully saturated rings. The van der Waals surface area contributed by atoms with E-state index in [9.17, 15) is 4.79 Å². The zero-order valence-corrected chi connectivity index (χ0v) is 7.87. The topological polar surface area (TPSA) is 42.4 Å². The highest BCUT2D eigenvalue weighted by Crippen LogP contribution is 2.23.